The standard InChI is InChI=1S/C10H17Cl2N3/c1-3-8-10(12)9(7-13-6-5-11)15(4-2)14-8/h13H,3-7H2,1-2H3. The predicted molar refractivity (Wildman–Crippen MR) is 64.7 cm³/mol. The molecular formula is C10H17Cl2N3. The topological polar surface area (TPSA) is 29.9 Å². The zero-order valence-electron chi connectivity index (χ0n) is 9.19. The fourth-order valence-electron chi connectivity index (χ4n) is 1.46. The Kier molecular flexibility index (Phi) is 5.43. The summed E-state index contributed by atoms with van der Waals surface area (Å²) in [5.74, 6) is 0.610. The first-order chi connectivity index (χ1) is 7.24. The average molecular weight is 250 g/mol. The van der Waals surface area contributed by atoms with Gasteiger partial charge in [0.15, 0.2) is 0 Å². The highest BCUT2D eigenvalue weighted by atomic mass is 35.5. The molecule has 0 unspecified atom stereocenters. The van der Waals surface area contributed by atoms with Gasteiger partial charge in [-0.15, -0.1) is 11.6 Å². The van der Waals surface area contributed by atoms with Gasteiger partial charge in [0.05, 0.1) is 16.4 Å². The molecule has 0 spiro atoms. The summed E-state index contributed by atoms with van der Waals surface area (Å²) in [5.41, 5.74) is 2.03. The number of halogens is 2. The smallest absolute Gasteiger partial charge is 0.0863 e. The lowest BCUT2D eigenvalue weighted by Crippen LogP contribution is -2.18. The van der Waals surface area contributed by atoms with Crippen molar-refractivity contribution in [3.63, 3.8) is 0 Å². The Bertz CT molecular complexity index is 310. The van der Waals surface area contributed by atoms with Gasteiger partial charge >= 0.3 is 0 Å². The van der Waals surface area contributed by atoms with Crippen LogP contribution in [-0.4, -0.2) is 22.2 Å². The lowest BCUT2D eigenvalue weighted by Gasteiger charge is -2.05. The van der Waals surface area contributed by atoms with Crippen LogP contribution in [0.1, 0.15) is 25.2 Å². The number of rotatable bonds is 6. The van der Waals surface area contributed by atoms with Crippen LogP contribution < -0.4 is 5.32 Å². The summed E-state index contributed by atoms with van der Waals surface area (Å²) in [6, 6.07) is 0. The van der Waals surface area contributed by atoms with Gasteiger partial charge in [-0.1, -0.05) is 18.5 Å². The Morgan fingerprint density at radius 3 is 2.67 bits per heavy atom. The third kappa shape index (κ3) is 3.10. The van der Waals surface area contributed by atoms with Crippen LogP contribution in [-0.2, 0) is 19.5 Å². The van der Waals surface area contributed by atoms with Gasteiger partial charge in [0, 0.05) is 25.5 Å². The summed E-state index contributed by atoms with van der Waals surface area (Å²) in [6.07, 6.45) is 0.869. The molecule has 0 aromatic carbocycles. The molecule has 0 saturated carbocycles. The third-order valence-corrected chi connectivity index (χ3v) is 2.88. The molecule has 1 rings (SSSR count). The minimum atomic E-state index is 0.610. The van der Waals surface area contributed by atoms with Crippen LogP contribution in [0.5, 0.6) is 0 Å². The van der Waals surface area contributed by atoms with Gasteiger partial charge in [0.2, 0.25) is 0 Å². The van der Waals surface area contributed by atoms with Crippen LogP contribution in [0.25, 0.3) is 0 Å². The van der Waals surface area contributed by atoms with E-state index in [-0.39, 0.29) is 0 Å². The van der Waals surface area contributed by atoms with E-state index in [0.29, 0.717) is 5.88 Å². The average Bonchev–Trinajstić information content (AvgIpc) is 2.56. The highest BCUT2D eigenvalue weighted by Gasteiger charge is 2.13. The zero-order chi connectivity index (χ0) is 11.3. The zero-order valence-corrected chi connectivity index (χ0v) is 10.7. The molecule has 0 fully saturated rings. The fraction of sp³-hybridized carbons (Fsp3) is 0.700. The van der Waals surface area contributed by atoms with Gasteiger partial charge < -0.3 is 5.32 Å². The second-order valence-corrected chi connectivity index (χ2v) is 4.00. The van der Waals surface area contributed by atoms with E-state index in [1.165, 1.54) is 0 Å². The first-order valence-corrected chi connectivity index (χ1v) is 6.16. The van der Waals surface area contributed by atoms with E-state index in [9.17, 15) is 0 Å². The van der Waals surface area contributed by atoms with Crippen molar-refractivity contribution in [3.8, 4) is 0 Å². The lowest BCUT2D eigenvalue weighted by molar-refractivity contribution is 0.586. The molecule has 0 atom stereocenters. The van der Waals surface area contributed by atoms with Gasteiger partial charge in [-0.3, -0.25) is 4.68 Å². The van der Waals surface area contributed by atoms with Crippen LogP contribution in [0.2, 0.25) is 5.02 Å². The predicted octanol–water partition coefficient (Wildman–Crippen LogP) is 2.45. The van der Waals surface area contributed by atoms with Gasteiger partial charge in [-0.2, -0.15) is 5.10 Å². The van der Waals surface area contributed by atoms with Gasteiger partial charge in [0.1, 0.15) is 0 Å². The first-order valence-electron chi connectivity index (χ1n) is 5.25. The van der Waals surface area contributed by atoms with Crippen molar-refractivity contribution in [1.29, 1.82) is 0 Å². The summed E-state index contributed by atoms with van der Waals surface area (Å²) in [5, 5.41) is 8.46. The molecule has 5 heteroatoms. The number of alkyl halides is 1. The summed E-state index contributed by atoms with van der Waals surface area (Å²) in [4.78, 5) is 0. The third-order valence-electron chi connectivity index (χ3n) is 2.26. The Morgan fingerprint density at radius 2 is 2.13 bits per heavy atom. The van der Waals surface area contributed by atoms with Crippen molar-refractivity contribution in [1.82, 2.24) is 15.1 Å². The molecule has 0 radical (unpaired) electrons. The van der Waals surface area contributed by atoms with E-state index in [4.69, 9.17) is 23.2 Å². The first kappa shape index (κ1) is 12.8. The Balaban J connectivity index is 2.78. The number of hydrogen-bond acceptors (Lipinski definition) is 2. The largest absolute Gasteiger partial charge is 0.310 e. The van der Waals surface area contributed by atoms with Crippen molar-refractivity contribution in [2.45, 2.75) is 33.4 Å². The van der Waals surface area contributed by atoms with Crippen molar-refractivity contribution in [2.75, 3.05) is 12.4 Å². The molecule has 1 N–H and O–H groups in total. The number of aromatic nitrogens is 2. The summed E-state index contributed by atoms with van der Waals surface area (Å²) >= 11 is 11.8. The molecule has 1 aromatic rings. The highest BCUT2D eigenvalue weighted by Crippen LogP contribution is 2.21. The molecule has 3 nitrogen and oxygen atoms in total. The number of nitrogens with one attached hydrogen (secondary N) is 1. The molecule has 0 aliphatic rings. The summed E-state index contributed by atoms with van der Waals surface area (Å²) in [7, 11) is 0. The van der Waals surface area contributed by atoms with Gasteiger partial charge in [0.25, 0.3) is 0 Å². The minimum absolute atomic E-state index is 0.610. The molecule has 15 heavy (non-hydrogen) atoms. The van der Waals surface area contributed by atoms with Crippen LogP contribution in [0, 0.1) is 0 Å². The Hall–Kier alpha value is -0.250. The molecule has 0 bridgehead atoms. The van der Waals surface area contributed by atoms with Gasteiger partial charge in [-0.05, 0) is 13.3 Å². The molecule has 86 valence electrons. The maximum Gasteiger partial charge on any atom is 0.0863 e. The summed E-state index contributed by atoms with van der Waals surface area (Å²) < 4.78 is 1.95. The maximum absolute atomic E-state index is 6.23. The normalized spacial score (nSPS) is 10.9. The molecular weight excluding hydrogens is 233 g/mol. The monoisotopic (exact) mass is 249 g/mol. The van der Waals surface area contributed by atoms with E-state index in [2.05, 4.69) is 24.3 Å². The second kappa shape index (κ2) is 6.36. The quantitative estimate of drug-likeness (QED) is 0.620. The number of aryl methyl sites for hydroxylation is 2. The molecule has 1 aromatic heterocycles. The van der Waals surface area contributed by atoms with Crippen LogP contribution >= 0.6 is 23.2 Å². The minimum Gasteiger partial charge on any atom is -0.310 e. The van der Waals surface area contributed by atoms with Gasteiger partial charge in [-0.25, -0.2) is 0 Å². The van der Waals surface area contributed by atoms with E-state index in [0.717, 1.165) is 42.5 Å². The molecule has 0 amide bonds. The van der Waals surface area contributed by atoms with E-state index in [1.54, 1.807) is 0 Å². The maximum atomic E-state index is 6.23. The van der Waals surface area contributed by atoms with Crippen molar-refractivity contribution in [3.05, 3.63) is 16.4 Å². The number of hydrogen-bond donors (Lipinski definition) is 1. The van der Waals surface area contributed by atoms with E-state index >= 15 is 0 Å². The Morgan fingerprint density at radius 1 is 1.40 bits per heavy atom. The van der Waals surface area contributed by atoms with Crippen molar-refractivity contribution in [2.24, 2.45) is 0 Å². The highest BCUT2D eigenvalue weighted by molar-refractivity contribution is 6.31. The molecule has 0 aliphatic carbocycles. The second-order valence-electron chi connectivity index (χ2n) is 3.24. The van der Waals surface area contributed by atoms with Crippen molar-refractivity contribution < 1.29 is 0 Å². The Labute approximate surface area is 101 Å². The SMILES string of the molecule is CCc1nn(CC)c(CNCCCl)c1Cl. The molecule has 0 saturated heterocycles. The molecule has 0 aliphatic heterocycles. The fourth-order valence-corrected chi connectivity index (χ4v) is 1.93. The summed E-state index contributed by atoms with van der Waals surface area (Å²) in [6.45, 7) is 6.48. The van der Waals surface area contributed by atoms with Crippen LogP contribution in [0.15, 0.2) is 0 Å². The van der Waals surface area contributed by atoms with E-state index in [1.807, 2.05) is 4.68 Å². The van der Waals surface area contributed by atoms with Crippen molar-refractivity contribution >= 4 is 23.2 Å². The molecule has 1 heterocycles. The van der Waals surface area contributed by atoms with E-state index < -0.39 is 0 Å². The van der Waals surface area contributed by atoms with Crippen LogP contribution in [0.3, 0.4) is 0 Å². The number of nitrogens with zero attached hydrogens (tertiary/aromatic N) is 2. The van der Waals surface area contributed by atoms with Crippen LogP contribution in [0.4, 0.5) is 0 Å². The lowest BCUT2D eigenvalue weighted by atomic mass is 10.3.